The Morgan fingerprint density at radius 2 is 1.16 bits per heavy atom. The van der Waals surface area contributed by atoms with Gasteiger partial charge in [-0.05, 0) is 31.2 Å². The van der Waals surface area contributed by atoms with Crippen molar-refractivity contribution < 1.29 is 38.5 Å². The zero-order valence-corrected chi connectivity index (χ0v) is 12.3. The van der Waals surface area contributed by atoms with Gasteiger partial charge in [0.05, 0.1) is 0 Å². The molecule has 0 aromatic heterocycles. The molecule has 0 unspecified atom stereocenters. The van der Waals surface area contributed by atoms with Crippen LogP contribution in [0.15, 0.2) is 54.6 Å². The number of rotatable bonds is 2. The van der Waals surface area contributed by atoms with Gasteiger partial charge in [-0.3, -0.25) is 0 Å². The number of hydrogen-bond acceptors (Lipinski definition) is 0. The lowest BCUT2D eigenvalue weighted by atomic mass is 10.2. The van der Waals surface area contributed by atoms with E-state index in [1.165, 1.54) is 12.7 Å². The predicted octanol–water partition coefficient (Wildman–Crippen LogP) is 1.42. The van der Waals surface area contributed by atoms with Crippen molar-refractivity contribution in [3.8, 4) is 0 Å². The van der Waals surface area contributed by atoms with E-state index in [9.17, 15) is 17.3 Å². The lowest BCUT2D eigenvalue weighted by Gasteiger charge is -1.94. The summed E-state index contributed by atoms with van der Waals surface area (Å²) < 4.78 is 42.0. The Morgan fingerprint density at radius 3 is 1.63 bits per heavy atom. The first-order chi connectivity index (χ1) is 8.84. The van der Waals surface area contributed by atoms with Gasteiger partial charge in [0.25, 0.3) is 0 Å². The van der Waals surface area contributed by atoms with Gasteiger partial charge in [0.2, 0.25) is 0 Å². The van der Waals surface area contributed by atoms with Gasteiger partial charge in [-0.15, -0.1) is 0 Å². The van der Waals surface area contributed by atoms with Crippen molar-refractivity contribution in [2.75, 3.05) is 0 Å². The third kappa shape index (κ3) is 8.64. The molecule has 0 aliphatic carbocycles. The quantitative estimate of drug-likeness (QED) is 0.419. The Balaban J connectivity index is 0.000000312. The van der Waals surface area contributed by atoms with Crippen molar-refractivity contribution in [2.24, 2.45) is 0 Å². The Hall–Kier alpha value is -1.05. The van der Waals surface area contributed by atoms with Gasteiger partial charge in [-0.1, -0.05) is 35.9 Å². The van der Waals surface area contributed by atoms with Crippen LogP contribution in [0.5, 0.6) is 0 Å². The molecule has 0 radical (unpaired) electrons. The van der Waals surface area contributed by atoms with Crippen LogP contribution in [0.3, 0.4) is 0 Å². The van der Waals surface area contributed by atoms with Crippen LogP contribution in [-0.2, 0) is 0 Å². The van der Waals surface area contributed by atoms with Crippen LogP contribution >= 0.6 is 0 Å². The summed E-state index contributed by atoms with van der Waals surface area (Å²) in [5, 5.41) is 0. The zero-order chi connectivity index (χ0) is 14.3. The molecule has 0 spiro atoms. The highest BCUT2D eigenvalue weighted by molar-refractivity contribution is 6.50. The second-order valence-corrected chi connectivity index (χ2v) is 6.71. The van der Waals surface area contributed by atoms with Crippen LogP contribution < -0.4 is 21.2 Å². The van der Waals surface area contributed by atoms with E-state index in [0.29, 0.717) is 0 Å². The maximum atomic E-state index is 9.75. The topological polar surface area (TPSA) is 0 Å². The predicted molar refractivity (Wildman–Crippen MR) is 65.2 cm³/mol. The molecule has 0 aliphatic heterocycles. The molecule has 19 heavy (non-hydrogen) atoms. The maximum absolute atomic E-state index is 9.75. The van der Waals surface area contributed by atoms with Gasteiger partial charge >= 0.3 is 28.5 Å². The lowest BCUT2D eigenvalue weighted by molar-refractivity contribution is -0.597. The van der Waals surface area contributed by atoms with E-state index in [1.54, 1.807) is 0 Å². The molecule has 0 atom stereocenters. The molecule has 0 N–H and O–H groups in total. The van der Waals surface area contributed by atoms with Crippen LogP contribution in [0.1, 0.15) is 5.56 Å². The summed E-state index contributed by atoms with van der Waals surface area (Å²) in [4.78, 5) is 0. The van der Waals surface area contributed by atoms with E-state index in [0.717, 1.165) is 0 Å². The number of aryl methyl sites for hydroxylation is 1. The monoisotopic (exact) mass is 382 g/mol. The smallest absolute Gasteiger partial charge is 0.418 e. The highest BCUT2D eigenvalue weighted by Crippen LogP contribution is 2.06. The van der Waals surface area contributed by atoms with Gasteiger partial charge in [-0.2, -0.15) is 0 Å². The molecule has 0 nitrogen and oxygen atoms in total. The van der Waals surface area contributed by atoms with E-state index in [4.69, 9.17) is 0 Å². The van der Waals surface area contributed by atoms with E-state index in [-0.39, 0.29) is 21.2 Å². The minimum atomic E-state index is -6.00. The van der Waals surface area contributed by atoms with Crippen LogP contribution in [0.2, 0.25) is 0 Å². The minimum absolute atomic E-state index is 0.0159. The fourth-order valence-corrected chi connectivity index (χ4v) is 3.41. The molecule has 2 rings (SSSR count). The van der Waals surface area contributed by atoms with E-state index in [2.05, 4.69) is 61.5 Å². The van der Waals surface area contributed by atoms with Crippen molar-refractivity contribution >= 4 is 7.25 Å². The number of benzene rings is 2. The van der Waals surface area contributed by atoms with Gasteiger partial charge < -0.3 is 17.3 Å². The second kappa shape index (κ2) is 7.52. The molecule has 0 aliphatic rings. The fraction of sp³-hybridized carbons (Fsp3) is 0.0769. The highest BCUT2D eigenvalue weighted by atomic mass is 127. The number of halogens is 5. The SMILES string of the molecule is Cc1ccc([I+]c2ccccc2)cc1.F[B-](F)(F)F. The Bertz CT molecular complexity index is 476. The molecule has 6 heteroatoms. The molecular weight excluding hydrogens is 370 g/mol. The standard InChI is InChI=1S/C13H12I.BF4/c1-11-7-9-13(10-8-11)14-12-5-3-2-4-6-12;2-1(3,4)5/h2-10H,1H3;/q+1;-1. The summed E-state index contributed by atoms with van der Waals surface area (Å²) in [6, 6.07) is 19.6. The van der Waals surface area contributed by atoms with Crippen LogP contribution in [0.25, 0.3) is 0 Å². The molecular formula is C13H12BF4I. The molecule has 0 saturated heterocycles. The minimum Gasteiger partial charge on any atom is -0.418 e. The van der Waals surface area contributed by atoms with Crippen LogP contribution in [0, 0.1) is 14.1 Å². The summed E-state index contributed by atoms with van der Waals surface area (Å²) in [6.07, 6.45) is 0. The Kier molecular flexibility index (Phi) is 6.34. The normalized spacial score (nSPS) is 10.6. The van der Waals surface area contributed by atoms with Gasteiger partial charge in [0.15, 0.2) is 7.14 Å². The van der Waals surface area contributed by atoms with Crippen LogP contribution in [0.4, 0.5) is 17.3 Å². The molecule has 0 bridgehead atoms. The third-order valence-electron chi connectivity index (χ3n) is 1.96. The Morgan fingerprint density at radius 1 is 0.737 bits per heavy atom. The van der Waals surface area contributed by atoms with Crippen molar-refractivity contribution in [3.05, 3.63) is 67.3 Å². The van der Waals surface area contributed by atoms with E-state index < -0.39 is 7.25 Å². The molecule has 102 valence electrons. The van der Waals surface area contributed by atoms with Crippen molar-refractivity contribution in [1.29, 1.82) is 0 Å². The first-order valence-corrected chi connectivity index (χ1v) is 7.64. The molecule has 2 aromatic carbocycles. The summed E-state index contributed by atoms with van der Waals surface area (Å²) >= 11 is 0.0159. The van der Waals surface area contributed by atoms with Crippen molar-refractivity contribution in [2.45, 2.75) is 6.92 Å². The highest BCUT2D eigenvalue weighted by Gasteiger charge is 2.20. The summed E-state index contributed by atoms with van der Waals surface area (Å²) in [7, 11) is -6.00. The third-order valence-corrected chi connectivity index (χ3v) is 4.65. The summed E-state index contributed by atoms with van der Waals surface area (Å²) in [5.41, 5.74) is 1.34. The van der Waals surface area contributed by atoms with Crippen molar-refractivity contribution in [3.63, 3.8) is 0 Å². The average Bonchev–Trinajstić information content (AvgIpc) is 2.31. The molecule has 0 fully saturated rings. The second-order valence-electron chi connectivity index (χ2n) is 3.68. The molecule has 0 saturated carbocycles. The van der Waals surface area contributed by atoms with Gasteiger partial charge in [0, 0.05) is 0 Å². The summed E-state index contributed by atoms with van der Waals surface area (Å²) in [5.74, 6) is 0. The van der Waals surface area contributed by atoms with E-state index in [1.807, 2.05) is 0 Å². The largest absolute Gasteiger partial charge is 0.673 e. The molecule has 2 aromatic rings. The van der Waals surface area contributed by atoms with Crippen molar-refractivity contribution in [1.82, 2.24) is 0 Å². The van der Waals surface area contributed by atoms with E-state index >= 15 is 0 Å². The first kappa shape index (κ1) is 16.0. The molecule has 0 heterocycles. The Labute approximate surface area is 120 Å². The first-order valence-electron chi connectivity index (χ1n) is 5.48. The van der Waals surface area contributed by atoms with Gasteiger partial charge in [-0.25, -0.2) is 0 Å². The molecule has 0 amide bonds. The fourth-order valence-electron chi connectivity index (χ4n) is 1.20. The zero-order valence-electron chi connectivity index (χ0n) is 10.2. The summed E-state index contributed by atoms with van der Waals surface area (Å²) in [6.45, 7) is 2.13. The van der Waals surface area contributed by atoms with Crippen LogP contribution in [-0.4, -0.2) is 7.25 Å². The number of hydrogen-bond donors (Lipinski definition) is 0. The lowest BCUT2D eigenvalue weighted by Crippen LogP contribution is -3.61. The van der Waals surface area contributed by atoms with Gasteiger partial charge in [0.1, 0.15) is 0 Å². The average molecular weight is 382 g/mol. The maximum Gasteiger partial charge on any atom is 0.673 e.